The molecule has 8 heteroatoms. The molecule has 0 amide bonds. The van der Waals surface area contributed by atoms with E-state index >= 15 is 0 Å². The molecule has 3 rings (SSSR count). The first-order chi connectivity index (χ1) is 12.7. The maximum Gasteiger partial charge on any atom is 0.191 e. The molecule has 0 aliphatic carbocycles. The SMILES string of the molecule is CCN(CC)c1ccc(-c2nnc(SCc3cc(Br)no3)n2CC)cc1. The molecular formula is C18H22BrN5OS. The number of anilines is 1. The lowest BCUT2D eigenvalue weighted by atomic mass is 10.2. The first-order valence-electron chi connectivity index (χ1n) is 8.68. The zero-order chi connectivity index (χ0) is 18.5. The molecule has 0 atom stereocenters. The van der Waals surface area contributed by atoms with Crippen LogP contribution in [0.1, 0.15) is 26.5 Å². The number of thioether (sulfide) groups is 1. The zero-order valence-corrected chi connectivity index (χ0v) is 17.5. The molecule has 0 aliphatic rings. The van der Waals surface area contributed by atoms with Crippen molar-refractivity contribution in [1.82, 2.24) is 19.9 Å². The normalized spacial score (nSPS) is 11.1. The van der Waals surface area contributed by atoms with Gasteiger partial charge in [-0.15, -0.1) is 10.2 Å². The summed E-state index contributed by atoms with van der Waals surface area (Å²) in [5, 5.41) is 13.5. The quantitative estimate of drug-likeness (QED) is 0.471. The Kier molecular flexibility index (Phi) is 6.37. The predicted octanol–water partition coefficient (Wildman–Crippen LogP) is 4.85. The molecule has 0 aliphatic heterocycles. The molecule has 138 valence electrons. The number of rotatable bonds is 8. The van der Waals surface area contributed by atoms with Gasteiger partial charge in [0.25, 0.3) is 0 Å². The van der Waals surface area contributed by atoms with E-state index in [0.29, 0.717) is 10.4 Å². The Balaban J connectivity index is 1.79. The fraction of sp³-hybridized carbons (Fsp3) is 0.389. The van der Waals surface area contributed by atoms with Crippen molar-refractivity contribution in [3.8, 4) is 11.4 Å². The Bertz CT molecular complexity index is 842. The maximum atomic E-state index is 5.23. The van der Waals surface area contributed by atoms with Gasteiger partial charge in [-0.2, -0.15) is 0 Å². The van der Waals surface area contributed by atoms with E-state index in [0.717, 1.165) is 41.9 Å². The van der Waals surface area contributed by atoms with Crippen molar-refractivity contribution in [2.75, 3.05) is 18.0 Å². The number of hydrogen-bond acceptors (Lipinski definition) is 6. The molecule has 0 N–H and O–H groups in total. The molecule has 0 saturated heterocycles. The Hall–Kier alpha value is -1.80. The van der Waals surface area contributed by atoms with Gasteiger partial charge in [0.2, 0.25) is 0 Å². The van der Waals surface area contributed by atoms with E-state index in [1.807, 2.05) is 6.07 Å². The fourth-order valence-corrected chi connectivity index (χ4v) is 4.00. The molecule has 0 bridgehead atoms. The summed E-state index contributed by atoms with van der Waals surface area (Å²) in [5.74, 6) is 2.36. The van der Waals surface area contributed by atoms with Gasteiger partial charge in [-0.05, 0) is 61.0 Å². The van der Waals surface area contributed by atoms with Crippen LogP contribution in [0, 0.1) is 0 Å². The van der Waals surface area contributed by atoms with Gasteiger partial charge < -0.3 is 14.0 Å². The van der Waals surface area contributed by atoms with Gasteiger partial charge in [0, 0.05) is 37.0 Å². The van der Waals surface area contributed by atoms with E-state index in [4.69, 9.17) is 4.52 Å². The van der Waals surface area contributed by atoms with Crippen LogP contribution in [0.3, 0.4) is 0 Å². The Labute approximate surface area is 166 Å². The van der Waals surface area contributed by atoms with Crippen LogP contribution in [0.15, 0.2) is 44.6 Å². The van der Waals surface area contributed by atoms with Gasteiger partial charge in [-0.3, -0.25) is 0 Å². The summed E-state index contributed by atoms with van der Waals surface area (Å²) in [5.41, 5.74) is 2.30. The molecule has 6 nitrogen and oxygen atoms in total. The average molecular weight is 436 g/mol. The van der Waals surface area contributed by atoms with Gasteiger partial charge in [0.05, 0.1) is 5.75 Å². The molecule has 3 aromatic rings. The monoisotopic (exact) mass is 435 g/mol. The second-order valence-electron chi connectivity index (χ2n) is 5.67. The van der Waals surface area contributed by atoms with Crippen LogP contribution in [0.2, 0.25) is 0 Å². The van der Waals surface area contributed by atoms with E-state index in [1.165, 1.54) is 5.69 Å². The summed E-state index contributed by atoms with van der Waals surface area (Å²) < 4.78 is 8.06. The standard InChI is InChI=1S/C18H22BrN5OS/c1-4-23(5-2)14-9-7-13(8-10-14)17-20-21-18(24(17)6-3)26-12-15-11-16(19)22-25-15/h7-11H,4-6,12H2,1-3H3. The molecular weight excluding hydrogens is 414 g/mol. The van der Waals surface area contributed by atoms with Gasteiger partial charge >= 0.3 is 0 Å². The highest BCUT2D eigenvalue weighted by Crippen LogP contribution is 2.28. The third-order valence-electron chi connectivity index (χ3n) is 4.16. The van der Waals surface area contributed by atoms with Crippen LogP contribution >= 0.6 is 27.7 Å². The van der Waals surface area contributed by atoms with E-state index in [1.54, 1.807) is 11.8 Å². The van der Waals surface area contributed by atoms with Crippen molar-refractivity contribution in [2.24, 2.45) is 0 Å². The first-order valence-corrected chi connectivity index (χ1v) is 10.5. The highest BCUT2D eigenvalue weighted by molar-refractivity contribution is 9.10. The Morgan fingerprint density at radius 3 is 2.42 bits per heavy atom. The van der Waals surface area contributed by atoms with Gasteiger partial charge in [0.15, 0.2) is 11.0 Å². The highest BCUT2D eigenvalue weighted by atomic mass is 79.9. The minimum atomic E-state index is 0.664. The van der Waals surface area contributed by atoms with Crippen LogP contribution in [0.5, 0.6) is 0 Å². The lowest BCUT2D eigenvalue weighted by Crippen LogP contribution is -2.21. The molecule has 26 heavy (non-hydrogen) atoms. The average Bonchev–Trinajstić information content (AvgIpc) is 3.27. The third-order valence-corrected chi connectivity index (χ3v) is 5.52. The van der Waals surface area contributed by atoms with E-state index in [-0.39, 0.29) is 0 Å². The molecule has 0 fully saturated rings. The third kappa shape index (κ3) is 4.12. The molecule has 0 unspecified atom stereocenters. The molecule has 1 aromatic carbocycles. The van der Waals surface area contributed by atoms with Crippen molar-refractivity contribution in [3.05, 3.63) is 40.7 Å². The second kappa shape index (κ2) is 8.73. The summed E-state index contributed by atoms with van der Waals surface area (Å²) in [4.78, 5) is 2.32. The molecule has 2 aromatic heterocycles. The fourth-order valence-electron chi connectivity index (χ4n) is 2.80. The lowest BCUT2D eigenvalue weighted by Gasteiger charge is -2.21. The number of hydrogen-bond donors (Lipinski definition) is 0. The number of nitrogens with zero attached hydrogens (tertiary/aromatic N) is 5. The van der Waals surface area contributed by atoms with E-state index in [2.05, 4.69) is 85.8 Å². The van der Waals surface area contributed by atoms with Gasteiger partial charge in [-0.25, -0.2) is 0 Å². The van der Waals surface area contributed by atoms with Crippen LogP contribution in [-0.2, 0) is 12.3 Å². The number of benzene rings is 1. The van der Waals surface area contributed by atoms with Crippen molar-refractivity contribution in [3.63, 3.8) is 0 Å². The number of aromatic nitrogens is 4. The topological polar surface area (TPSA) is 60.0 Å². The van der Waals surface area contributed by atoms with Crippen LogP contribution in [0.4, 0.5) is 5.69 Å². The minimum Gasteiger partial charge on any atom is -0.372 e. The summed E-state index contributed by atoms with van der Waals surface area (Å²) >= 11 is 4.89. The largest absolute Gasteiger partial charge is 0.372 e. The summed E-state index contributed by atoms with van der Waals surface area (Å²) in [6.07, 6.45) is 0. The second-order valence-corrected chi connectivity index (χ2v) is 7.43. The van der Waals surface area contributed by atoms with Gasteiger partial charge in [0.1, 0.15) is 10.4 Å². The summed E-state index contributed by atoms with van der Waals surface area (Å²) in [7, 11) is 0. The minimum absolute atomic E-state index is 0.664. The molecule has 0 spiro atoms. The van der Waals surface area contributed by atoms with Crippen molar-refractivity contribution < 1.29 is 4.52 Å². The smallest absolute Gasteiger partial charge is 0.191 e. The maximum absolute atomic E-state index is 5.23. The van der Waals surface area contributed by atoms with Crippen molar-refractivity contribution in [1.29, 1.82) is 0 Å². The van der Waals surface area contributed by atoms with Crippen LogP contribution < -0.4 is 4.90 Å². The Morgan fingerprint density at radius 1 is 1.12 bits per heavy atom. The zero-order valence-electron chi connectivity index (χ0n) is 15.1. The van der Waals surface area contributed by atoms with Crippen molar-refractivity contribution in [2.45, 2.75) is 38.2 Å². The molecule has 0 radical (unpaired) electrons. The molecule has 2 heterocycles. The first kappa shape index (κ1) is 19.0. The van der Waals surface area contributed by atoms with Crippen molar-refractivity contribution >= 4 is 33.4 Å². The Morgan fingerprint density at radius 2 is 1.85 bits per heavy atom. The van der Waals surface area contributed by atoms with Crippen LogP contribution in [-0.4, -0.2) is 33.0 Å². The van der Waals surface area contributed by atoms with Gasteiger partial charge in [-0.1, -0.05) is 16.9 Å². The van der Waals surface area contributed by atoms with E-state index < -0.39 is 0 Å². The van der Waals surface area contributed by atoms with E-state index in [9.17, 15) is 0 Å². The number of halogens is 1. The summed E-state index contributed by atoms with van der Waals surface area (Å²) in [6, 6.07) is 10.4. The molecule has 0 saturated carbocycles. The summed E-state index contributed by atoms with van der Waals surface area (Å²) in [6.45, 7) is 9.25. The predicted molar refractivity (Wildman–Crippen MR) is 108 cm³/mol. The lowest BCUT2D eigenvalue weighted by molar-refractivity contribution is 0.391. The van der Waals surface area contributed by atoms with Crippen LogP contribution in [0.25, 0.3) is 11.4 Å². The highest BCUT2D eigenvalue weighted by Gasteiger charge is 2.14.